The molecule has 0 aliphatic heterocycles. The summed E-state index contributed by atoms with van der Waals surface area (Å²) in [7, 11) is 1.43. The Kier molecular flexibility index (Phi) is 6.40. The summed E-state index contributed by atoms with van der Waals surface area (Å²) in [6.07, 6.45) is 6.64. The number of hydrogen-bond donors (Lipinski definition) is 1. The van der Waals surface area contributed by atoms with Gasteiger partial charge in [-0.25, -0.2) is 0 Å². The summed E-state index contributed by atoms with van der Waals surface area (Å²) in [6, 6.07) is 2.11. The third-order valence-corrected chi connectivity index (χ3v) is 2.59. The lowest BCUT2D eigenvalue weighted by molar-refractivity contribution is -0.140. The van der Waals surface area contributed by atoms with E-state index in [1.165, 1.54) is 12.7 Å². The number of aryl methyl sites for hydroxylation is 1. The van der Waals surface area contributed by atoms with Gasteiger partial charge < -0.3 is 14.6 Å². The maximum Gasteiger partial charge on any atom is 0.305 e. The second-order valence-corrected chi connectivity index (χ2v) is 4.11. The van der Waals surface area contributed by atoms with Crippen molar-refractivity contribution in [2.75, 3.05) is 13.7 Å². The van der Waals surface area contributed by atoms with Gasteiger partial charge in [-0.15, -0.1) is 0 Å². The van der Waals surface area contributed by atoms with Crippen molar-refractivity contribution < 1.29 is 9.53 Å². The molecule has 0 unspecified atom stereocenters. The van der Waals surface area contributed by atoms with Crippen molar-refractivity contribution in [1.82, 2.24) is 9.88 Å². The molecule has 0 fully saturated rings. The van der Waals surface area contributed by atoms with Crippen molar-refractivity contribution in [1.29, 1.82) is 0 Å². The lowest BCUT2D eigenvalue weighted by Gasteiger charge is -2.02. The SMILES string of the molecule is CCCNCc1ccn(CCCC(=O)OC)c1. The number of aromatic nitrogens is 1. The number of methoxy groups -OCH3 is 1. The van der Waals surface area contributed by atoms with Crippen LogP contribution in [0.2, 0.25) is 0 Å². The second-order valence-electron chi connectivity index (χ2n) is 4.11. The number of carbonyl (C=O) groups excluding carboxylic acids is 1. The van der Waals surface area contributed by atoms with E-state index in [9.17, 15) is 4.79 Å². The monoisotopic (exact) mass is 238 g/mol. The first-order valence-corrected chi connectivity index (χ1v) is 6.18. The second kappa shape index (κ2) is 7.90. The molecule has 1 aromatic heterocycles. The summed E-state index contributed by atoms with van der Waals surface area (Å²) in [5, 5.41) is 3.36. The molecular formula is C13H22N2O2. The van der Waals surface area contributed by atoms with Gasteiger partial charge in [-0.2, -0.15) is 0 Å². The maximum atomic E-state index is 10.9. The van der Waals surface area contributed by atoms with Crippen LogP contribution < -0.4 is 5.32 Å². The van der Waals surface area contributed by atoms with Crippen molar-refractivity contribution >= 4 is 5.97 Å². The Morgan fingerprint density at radius 2 is 2.35 bits per heavy atom. The summed E-state index contributed by atoms with van der Waals surface area (Å²) >= 11 is 0. The largest absolute Gasteiger partial charge is 0.469 e. The predicted octanol–water partition coefficient (Wildman–Crippen LogP) is 1.94. The van der Waals surface area contributed by atoms with Gasteiger partial charge in [0, 0.05) is 31.9 Å². The third kappa shape index (κ3) is 5.54. The van der Waals surface area contributed by atoms with Crippen LogP contribution in [0.25, 0.3) is 0 Å². The molecular weight excluding hydrogens is 216 g/mol. The van der Waals surface area contributed by atoms with E-state index in [1.807, 2.05) is 0 Å². The maximum absolute atomic E-state index is 10.9. The third-order valence-electron chi connectivity index (χ3n) is 2.59. The zero-order chi connectivity index (χ0) is 12.5. The van der Waals surface area contributed by atoms with E-state index in [-0.39, 0.29) is 5.97 Å². The summed E-state index contributed by atoms with van der Waals surface area (Å²) in [5.74, 6) is -0.137. The Morgan fingerprint density at radius 1 is 1.53 bits per heavy atom. The number of rotatable bonds is 8. The van der Waals surface area contributed by atoms with Crippen LogP contribution in [-0.4, -0.2) is 24.2 Å². The molecule has 0 bridgehead atoms. The number of nitrogens with zero attached hydrogens (tertiary/aromatic N) is 1. The van der Waals surface area contributed by atoms with Crippen LogP contribution in [0.5, 0.6) is 0 Å². The van der Waals surface area contributed by atoms with Crippen molar-refractivity contribution in [3.63, 3.8) is 0 Å². The first-order chi connectivity index (χ1) is 8.26. The van der Waals surface area contributed by atoms with Crippen molar-refractivity contribution in [3.05, 3.63) is 24.0 Å². The molecule has 1 aromatic rings. The van der Waals surface area contributed by atoms with Gasteiger partial charge in [0.05, 0.1) is 7.11 Å². The highest BCUT2D eigenvalue weighted by molar-refractivity contribution is 5.68. The van der Waals surface area contributed by atoms with Crippen LogP contribution in [0.4, 0.5) is 0 Å². The number of hydrogen-bond acceptors (Lipinski definition) is 3. The van der Waals surface area contributed by atoms with Gasteiger partial charge in [0.1, 0.15) is 0 Å². The van der Waals surface area contributed by atoms with Crippen LogP contribution in [0, 0.1) is 0 Å². The van der Waals surface area contributed by atoms with E-state index in [0.717, 1.165) is 32.5 Å². The standard InChI is InChI=1S/C13H22N2O2/c1-3-7-14-10-12-6-9-15(11-12)8-4-5-13(16)17-2/h6,9,11,14H,3-5,7-8,10H2,1-2H3. The lowest BCUT2D eigenvalue weighted by atomic mass is 10.3. The minimum absolute atomic E-state index is 0.137. The smallest absolute Gasteiger partial charge is 0.305 e. The van der Waals surface area contributed by atoms with Gasteiger partial charge in [-0.1, -0.05) is 6.92 Å². The van der Waals surface area contributed by atoms with Gasteiger partial charge >= 0.3 is 5.97 Å². The molecule has 0 saturated carbocycles. The number of carbonyl (C=O) groups is 1. The van der Waals surface area contributed by atoms with Crippen molar-refractivity contribution in [2.24, 2.45) is 0 Å². The highest BCUT2D eigenvalue weighted by atomic mass is 16.5. The fourth-order valence-corrected chi connectivity index (χ4v) is 1.65. The van der Waals surface area contributed by atoms with Gasteiger partial charge in [0.25, 0.3) is 0 Å². The average Bonchev–Trinajstić information content (AvgIpc) is 2.77. The minimum atomic E-state index is -0.137. The molecule has 4 nitrogen and oxygen atoms in total. The van der Waals surface area contributed by atoms with Gasteiger partial charge in [-0.3, -0.25) is 4.79 Å². The zero-order valence-electron chi connectivity index (χ0n) is 10.7. The predicted molar refractivity (Wildman–Crippen MR) is 67.7 cm³/mol. The van der Waals surface area contributed by atoms with Gasteiger partial charge in [0.2, 0.25) is 0 Å². The highest BCUT2D eigenvalue weighted by Crippen LogP contribution is 2.03. The van der Waals surface area contributed by atoms with Crippen LogP contribution >= 0.6 is 0 Å². The summed E-state index contributed by atoms with van der Waals surface area (Å²) < 4.78 is 6.72. The number of ether oxygens (including phenoxy) is 1. The molecule has 0 amide bonds. The van der Waals surface area contributed by atoms with Crippen LogP contribution in [0.1, 0.15) is 31.7 Å². The zero-order valence-corrected chi connectivity index (χ0v) is 10.7. The molecule has 4 heteroatoms. The molecule has 0 radical (unpaired) electrons. The minimum Gasteiger partial charge on any atom is -0.469 e. The summed E-state index contributed by atoms with van der Waals surface area (Å²) in [5.41, 5.74) is 1.29. The fourth-order valence-electron chi connectivity index (χ4n) is 1.65. The van der Waals surface area contributed by atoms with E-state index >= 15 is 0 Å². The van der Waals surface area contributed by atoms with E-state index in [2.05, 4.69) is 40.0 Å². The Hall–Kier alpha value is -1.29. The average molecular weight is 238 g/mol. The molecule has 0 aliphatic carbocycles. The first kappa shape index (κ1) is 13.8. The molecule has 1 rings (SSSR count). The van der Waals surface area contributed by atoms with Gasteiger partial charge in [-0.05, 0) is 31.0 Å². The normalized spacial score (nSPS) is 10.5. The molecule has 1 N–H and O–H groups in total. The number of esters is 1. The van der Waals surface area contributed by atoms with Crippen LogP contribution in [0.15, 0.2) is 18.5 Å². The molecule has 0 aromatic carbocycles. The first-order valence-electron chi connectivity index (χ1n) is 6.18. The quantitative estimate of drug-likeness (QED) is 0.556. The molecule has 0 aliphatic rings. The van der Waals surface area contributed by atoms with E-state index in [4.69, 9.17) is 0 Å². The van der Waals surface area contributed by atoms with E-state index < -0.39 is 0 Å². The topological polar surface area (TPSA) is 43.3 Å². The highest BCUT2D eigenvalue weighted by Gasteiger charge is 2.01. The van der Waals surface area contributed by atoms with E-state index in [0.29, 0.717) is 6.42 Å². The summed E-state index contributed by atoms with van der Waals surface area (Å²) in [6.45, 7) is 4.99. The molecule has 17 heavy (non-hydrogen) atoms. The molecule has 0 spiro atoms. The molecule has 96 valence electrons. The van der Waals surface area contributed by atoms with Crippen molar-refractivity contribution in [2.45, 2.75) is 39.3 Å². The molecule has 1 heterocycles. The van der Waals surface area contributed by atoms with E-state index in [1.54, 1.807) is 0 Å². The fraction of sp³-hybridized carbons (Fsp3) is 0.615. The Morgan fingerprint density at radius 3 is 3.06 bits per heavy atom. The van der Waals surface area contributed by atoms with Crippen LogP contribution in [-0.2, 0) is 22.6 Å². The lowest BCUT2D eigenvalue weighted by Crippen LogP contribution is -2.13. The van der Waals surface area contributed by atoms with Gasteiger partial charge in [0.15, 0.2) is 0 Å². The van der Waals surface area contributed by atoms with Crippen LogP contribution in [0.3, 0.4) is 0 Å². The Labute approximate surface area is 103 Å². The summed E-state index contributed by atoms with van der Waals surface area (Å²) in [4.78, 5) is 10.9. The molecule has 0 saturated heterocycles. The Bertz CT molecular complexity index is 334. The van der Waals surface area contributed by atoms with Crippen molar-refractivity contribution in [3.8, 4) is 0 Å². The Balaban J connectivity index is 2.23. The number of nitrogens with one attached hydrogen (secondary N) is 1. The molecule has 0 atom stereocenters.